The largest absolute Gasteiger partial charge is 0.710 e. The first-order valence-corrected chi connectivity index (χ1v) is 8.19. The fraction of sp³-hybridized carbons (Fsp3) is 0.389. The number of aromatic nitrogens is 2. The van der Waals surface area contributed by atoms with Crippen molar-refractivity contribution < 1.29 is 19.0 Å². The highest BCUT2D eigenvalue weighted by Crippen LogP contribution is 2.21. The summed E-state index contributed by atoms with van der Waals surface area (Å²) in [6, 6.07) is 9.48. The molecule has 0 aliphatic heterocycles. The Labute approximate surface area is 147 Å². The van der Waals surface area contributed by atoms with Gasteiger partial charge in [0.05, 0.1) is 6.61 Å². The maximum Gasteiger partial charge on any atom is 0.365 e. The molecule has 0 bridgehead atoms. The van der Waals surface area contributed by atoms with E-state index in [4.69, 9.17) is 15.2 Å². The van der Waals surface area contributed by atoms with E-state index in [1.54, 1.807) is 6.92 Å². The van der Waals surface area contributed by atoms with Crippen LogP contribution in [0.3, 0.4) is 0 Å². The molecule has 0 saturated carbocycles. The van der Waals surface area contributed by atoms with Crippen LogP contribution in [-0.4, -0.2) is 17.6 Å². The number of nitrogens with two attached hydrogens (primary N) is 1. The molecule has 0 fully saturated rings. The first-order valence-electron chi connectivity index (χ1n) is 8.19. The third-order valence-corrected chi connectivity index (χ3v) is 3.46. The highest BCUT2D eigenvalue weighted by Gasteiger charge is 2.26. The van der Waals surface area contributed by atoms with Crippen LogP contribution in [0.4, 0.5) is 5.82 Å². The smallest absolute Gasteiger partial charge is 0.365 e. The Morgan fingerprint density at radius 3 is 2.60 bits per heavy atom. The van der Waals surface area contributed by atoms with Crippen molar-refractivity contribution in [2.24, 2.45) is 5.92 Å². The zero-order chi connectivity index (χ0) is 18.4. The van der Waals surface area contributed by atoms with E-state index in [9.17, 15) is 10.0 Å². The van der Waals surface area contributed by atoms with Gasteiger partial charge in [-0.05, 0) is 18.4 Å². The molecule has 1 heterocycles. The van der Waals surface area contributed by atoms with Crippen molar-refractivity contribution in [3.63, 3.8) is 0 Å². The summed E-state index contributed by atoms with van der Waals surface area (Å²) < 4.78 is 11.2. The van der Waals surface area contributed by atoms with Gasteiger partial charge in [0.1, 0.15) is 6.61 Å². The van der Waals surface area contributed by atoms with Crippen LogP contribution in [-0.2, 0) is 17.8 Å². The van der Waals surface area contributed by atoms with Crippen molar-refractivity contribution >= 4 is 11.8 Å². The maximum atomic E-state index is 12.5. The Bertz CT molecular complexity index is 733. The summed E-state index contributed by atoms with van der Waals surface area (Å²) in [6.07, 6.45) is 0.425. The second kappa shape index (κ2) is 8.32. The van der Waals surface area contributed by atoms with Crippen molar-refractivity contribution in [3.8, 4) is 5.88 Å². The average Bonchev–Trinajstić information content (AvgIpc) is 2.59. The molecule has 0 radical (unpaired) electrons. The number of nitrogen functional groups attached to an aromatic ring is 1. The minimum absolute atomic E-state index is 0.102. The van der Waals surface area contributed by atoms with Crippen LogP contribution < -0.4 is 15.2 Å². The van der Waals surface area contributed by atoms with Crippen LogP contribution in [0.5, 0.6) is 5.88 Å². The van der Waals surface area contributed by atoms with Gasteiger partial charge in [-0.2, -0.15) is 4.98 Å². The van der Waals surface area contributed by atoms with Crippen molar-refractivity contribution in [1.29, 1.82) is 0 Å². The molecule has 2 rings (SSSR count). The summed E-state index contributed by atoms with van der Waals surface area (Å²) >= 11 is 0. The quantitative estimate of drug-likeness (QED) is 0.469. The number of carbonyl (C=O) groups excluding carboxylic acids is 1. The zero-order valence-corrected chi connectivity index (χ0v) is 14.7. The predicted octanol–water partition coefficient (Wildman–Crippen LogP) is 2.25. The lowest BCUT2D eigenvalue weighted by molar-refractivity contribution is -0.600. The van der Waals surface area contributed by atoms with Gasteiger partial charge in [-0.15, -0.1) is 0 Å². The van der Waals surface area contributed by atoms with Gasteiger partial charge in [-0.25, -0.2) is 9.52 Å². The van der Waals surface area contributed by atoms with Crippen LogP contribution in [0.15, 0.2) is 30.3 Å². The summed E-state index contributed by atoms with van der Waals surface area (Å²) in [4.78, 5) is 16.2. The number of nitrogens with zero attached hydrogens (tertiary/aromatic N) is 2. The summed E-state index contributed by atoms with van der Waals surface area (Å²) in [5.41, 5.74) is 6.79. The number of anilines is 1. The highest BCUT2D eigenvalue weighted by molar-refractivity contribution is 5.91. The molecule has 2 N–H and O–H groups in total. The molecular weight excluding hydrogens is 322 g/mol. The van der Waals surface area contributed by atoms with E-state index >= 15 is 0 Å². The number of ether oxygens (including phenoxy) is 2. The lowest BCUT2D eigenvalue weighted by Gasteiger charge is -2.18. The predicted molar refractivity (Wildman–Crippen MR) is 92.9 cm³/mol. The van der Waals surface area contributed by atoms with Crippen molar-refractivity contribution in [2.45, 2.75) is 33.8 Å². The van der Waals surface area contributed by atoms with Gasteiger partial charge in [0.25, 0.3) is 5.88 Å². The molecule has 0 unspecified atom stereocenters. The number of hydrogen-bond donors (Lipinski definition) is 1. The molecule has 1 aromatic heterocycles. The van der Waals surface area contributed by atoms with Crippen LogP contribution in [0.2, 0.25) is 0 Å². The SMILES string of the molecule is CCOC(=O)c1nc(OCc2ccccc2)c(CC(C)C)[n+]([O-])c1N. The van der Waals surface area contributed by atoms with Crippen LogP contribution in [0.1, 0.15) is 42.5 Å². The molecule has 7 nitrogen and oxygen atoms in total. The second-order valence-corrected chi connectivity index (χ2v) is 5.98. The maximum absolute atomic E-state index is 12.5. The molecule has 0 aliphatic carbocycles. The monoisotopic (exact) mass is 345 g/mol. The van der Waals surface area contributed by atoms with Gasteiger partial charge in [0, 0.05) is 6.42 Å². The van der Waals surface area contributed by atoms with Gasteiger partial charge in [0.15, 0.2) is 5.69 Å². The van der Waals surface area contributed by atoms with E-state index in [0.29, 0.717) is 16.8 Å². The minimum Gasteiger partial charge on any atom is -0.710 e. The fourth-order valence-corrected chi connectivity index (χ4v) is 2.30. The fourth-order valence-electron chi connectivity index (χ4n) is 2.30. The number of hydrogen-bond acceptors (Lipinski definition) is 6. The van der Waals surface area contributed by atoms with Crippen molar-refractivity contribution in [1.82, 2.24) is 4.98 Å². The average molecular weight is 345 g/mol. The number of benzene rings is 1. The summed E-state index contributed by atoms with van der Waals surface area (Å²) in [6.45, 7) is 5.99. The van der Waals surface area contributed by atoms with Crippen LogP contribution >= 0.6 is 0 Å². The normalized spacial score (nSPS) is 10.7. The summed E-state index contributed by atoms with van der Waals surface area (Å²) in [5, 5.41) is 12.5. The minimum atomic E-state index is -0.745. The van der Waals surface area contributed by atoms with Crippen LogP contribution in [0.25, 0.3) is 0 Å². The van der Waals surface area contributed by atoms with E-state index < -0.39 is 5.97 Å². The standard InChI is InChI=1S/C18H23N3O4/c1-4-24-18(22)15-16(19)21(23)14(10-12(2)3)17(20-15)25-11-13-8-6-5-7-9-13/h5-9,12H,4,10-11,19H2,1-3H3. The third kappa shape index (κ3) is 4.59. The van der Waals surface area contributed by atoms with Crippen LogP contribution in [0, 0.1) is 11.1 Å². The topological polar surface area (TPSA) is 101 Å². The molecule has 134 valence electrons. The lowest BCUT2D eigenvalue weighted by atomic mass is 10.1. The number of carbonyl (C=O) groups is 1. The van der Waals surface area contributed by atoms with E-state index in [2.05, 4.69) is 4.98 Å². The van der Waals surface area contributed by atoms with E-state index in [-0.39, 0.29) is 36.5 Å². The Balaban J connectivity index is 2.40. The number of esters is 1. The first-order chi connectivity index (χ1) is 11.9. The molecule has 0 saturated heterocycles. The van der Waals surface area contributed by atoms with Crippen molar-refractivity contribution in [3.05, 3.63) is 52.5 Å². The Morgan fingerprint density at radius 1 is 1.32 bits per heavy atom. The second-order valence-electron chi connectivity index (χ2n) is 5.98. The van der Waals surface area contributed by atoms with Gasteiger partial charge in [-0.3, -0.25) is 5.73 Å². The molecule has 0 aliphatic rings. The molecule has 2 aromatic rings. The van der Waals surface area contributed by atoms with Crippen molar-refractivity contribution in [2.75, 3.05) is 12.3 Å². The van der Waals surface area contributed by atoms with E-state index in [1.807, 2.05) is 44.2 Å². The molecular formula is C18H23N3O4. The molecule has 7 heteroatoms. The third-order valence-electron chi connectivity index (χ3n) is 3.46. The highest BCUT2D eigenvalue weighted by atomic mass is 16.5. The molecule has 25 heavy (non-hydrogen) atoms. The molecule has 0 spiro atoms. The Hall–Kier alpha value is -2.83. The summed E-state index contributed by atoms with van der Waals surface area (Å²) in [5.74, 6) is -0.731. The number of rotatable bonds is 7. The van der Waals surface area contributed by atoms with E-state index in [1.165, 1.54) is 0 Å². The van der Waals surface area contributed by atoms with Gasteiger partial charge in [0.2, 0.25) is 5.69 Å². The van der Waals surface area contributed by atoms with Gasteiger partial charge in [-0.1, -0.05) is 44.2 Å². The Morgan fingerprint density at radius 2 is 2.00 bits per heavy atom. The molecule has 0 amide bonds. The first kappa shape index (κ1) is 18.5. The van der Waals surface area contributed by atoms with E-state index in [0.717, 1.165) is 5.56 Å². The van der Waals surface area contributed by atoms with Gasteiger partial charge < -0.3 is 14.7 Å². The summed E-state index contributed by atoms with van der Waals surface area (Å²) in [7, 11) is 0. The Kier molecular flexibility index (Phi) is 6.16. The lowest BCUT2D eigenvalue weighted by Crippen LogP contribution is -2.39. The molecule has 0 atom stereocenters. The molecule has 1 aromatic carbocycles. The van der Waals surface area contributed by atoms with Gasteiger partial charge >= 0.3 is 11.8 Å². The zero-order valence-electron chi connectivity index (χ0n) is 14.7.